The van der Waals surface area contributed by atoms with Gasteiger partial charge in [0.2, 0.25) is 0 Å². The van der Waals surface area contributed by atoms with Crippen LogP contribution in [0.3, 0.4) is 0 Å². The van der Waals surface area contributed by atoms with Crippen molar-refractivity contribution in [1.29, 1.82) is 5.26 Å². The average molecular weight is 514 g/mol. The van der Waals surface area contributed by atoms with Gasteiger partial charge in [0.1, 0.15) is 28.9 Å². The Kier molecular flexibility index (Phi) is 6.96. The summed E-state index contributed by atoms with van der Waals surface area (Å²) in [4.78, 5) is 22.0. The first-order valence-corrected chi connectivity index (χ1v) is 12.7. The molecule has 0 amide bonds. The fourth-order valence-electron chi connectivity index (χ4n) is 5.43. The number of nitriles is 1. The maximum atomic E-state index is 13.8. The zero-order valence-electron chi connectivity index (χ0n) is 21.6. The van der Waals surface area contributed by atoms with E-state index in [9.17, 15) is 18.8 Å². The van der Waals surface area contributed by atoms with E-state index in [4.69, 9.17) is 0 Å². The maximum Gasteiger partial charge on any atom is 0.252 e. The fraction of sp³-hybridized carbons (Fsp3) is 0.300. The lowest BCUT2D eigenvalue weighted by molar-refractivity contribution is 0.165. The number of nitrogens with zero attached hydrogens (tertiary/aromatic N) is 5. The Labute approximate surface area is 220 Å². The second-order valence-corrected chi connectivity index (χ2v) is 10.1. The number of fused-ring (bicyclic) bond motifs is 1. The smallest absolute Gasteiger partial charge is 0.252 e. The summed E-state index contributed by atoms with van der Waals surface area (Å²) < 4.78 is 29.1. The van der Waals surface area contributed by atoms with Crippen molar-refractivity contribution in [3.05, 3.63) is 106 Å². The summed E-state index contributed by atoms with van der Waals surface area (Å²) in [5.41, 5.74) is 4.02. The number of piperazine rings is 1. The molecule has 0 aliphatic carbocycles. The van der Waals surface area contributed by atoms with Crippen LogP contribution in [-0.2, 0) is 7.05 Å². The number of hydrogen-bond acceptors (Lipinski definition) is 5. The minimum atomic E-state index is -0.307. The molecule has 4 aromatic rings. The second kappa shape index (κ2) is 10.3. The third-order valence-electron chi connectivity index (χ3n) is 7.45. The molecule has 38 heavy (non-hydrogen) atoms. The van der Waals surface area contributed by atoms with E-state index < -0.39 is 0 Å². The second-order valence-electron chi connectivity index (χ2n) is 10.1. The van der Waals surface area contributed by atoms with E-state index in [1.807, 2.05) is 0 Å². The maximum absolute atomic E-state index is 13.8. The van der Waals surface area contributed by atoms with E-state index in [0.29, 0.717) is 36.4 Å². The lowest BCUT2D eigenvalue weighted by Gasteiger charge is -2.47. The van der Waals surface area contributed by atoms with Gasteiger partial charge in [-0.25, -0.2) is 13.8 Å². The van der Waals surface area contributed by atoms with Crippen molar-refractivity contribution in [2.24, 2.45) is 13.0 Å². The Morgan fingerprint density at radius 2 is 1.55 bits per heavy atom. The van der Waals surface area contributed by atoms with Gasteiger partial charge in [0, 0.05) is 38.8 Å². The number of benzene rings is 2. The molecule has 1 aliphatic rings. The van der Waals surface area contributed by atoms with Gasteiger partial charge >= 0.3 is 0 Å². The Morgan fingerprint density at radius 1 is 0.947 bits per heavy atom. The molecule has 0 spiro atoms. The van der Waals surface area contributed by atoms with Crippen molar-refractivity contribution in [3.63, 3.8) is 0 Å². The van der Waals surface area contributed by atoms with Crippen LogP contribution in [0.15, 0.2) is 71.5 Å². The van der Waals surface area contributed by atoms with Gasteiger partial charge in [-0.15, -0.1) is 0 Å². The van der Waals surface area contributed by atoms with E-state index in [1.54, 1.807) is 54.1 Å². The van der Waals surface area contributed by atoms with Crippen LogP contribution in [0.5, 0.6) is 0 Å². The van der Waals surface area contributed by atoms with Gasteiger partial charge in [-0.3, -0.25) is 9.69 Å². The van der Waals surface area contributed by atoms with Crippen LogP contribution in [0.2, 0.25) is 0 Å². The molecule has 8 heteroatoms. The highest BCUT2D eigenvalue weighted by atomic mass is 19.1. The minimum absolute atomic E-state index is 0.0231. The molecule has 194 valence electrons. The first kappa shape index (κ1) is 25.6. The zero-order valence-corrected chi connectivity index (χ0v) is 21.6. The Bertz CT molecular complexity index is 1510. The van der Waals surface area contributed by atoms with Gasteiger partial charge in [-0.2, -0.15) is 5.26 Å². The highest BCUT2D eigenvalue weighted by molar-refractivity contribution is 5.89. The number of halogens is 2. The van der Waals surface area contributed by atoms with Crippen LogP contribution in [0.4, 0.5) is 14.5 Å². The van der Waals surface area contributed by atoms with Crippen molar-refractivity contribution >= 4 is 16.7 Å². The fourth-order valence-corrected chi connectivity index (χ4v) is 5.43. The number of rotatable bonds is 5. The summed E-state index contributed by atoms with van der Waals surface area (Å²) >= 11 is 0. The number of anilines is 1. The molecule has 3 heterocycles. The highest BCUT2D eigenvalue weighted by Gasteiger charge is 2.35. The first-order chi connectivity index (χ1) is 18.3. The highest BCUT2D eigenvalue weighted by Crippen LogP contribution is 2.35. The van der Waals surface area contributed by atoms with E-state index in [1.165, 1.54) is 24.3 Å². The molecule has 0 saturated carbocycles. The largest absolute Gasteiger partial charge is 0.364 e. The Hall–Kier alpha value is -4.09. The molecule has 0 unspecified atom stereocenters. The van der Waals surface area contributed by atoms with Crippen LogP contribution in [-0.4, -0.2) is 40.1 Å². The molecule has 1 saturated heterocycles. The van der Waals surface area contributed by atoms with E-state index in [2.05, 4.69) is 34.7 Å². The summed E-state index contributed by atoms with van der Waals surface area (Å²) in [5.74, 6) is -0.394. The molecule has 0 N–H and O–H groups in total. The summed E-state index contributed by atoms with van der Waals surface area (Å²) in [6.07, 6.45) is 0. The zero-order chi connectivity index (χ0) is 27.0. The van der Waals surface area contributed by atoms with Crippen LogP contribution >= 0.6 is 0 Å². The predicted molar refractivity (Wildman–Crippen MR) is 144 cm³/mol. The van der Waals surface area contributed by atoms with E-state index >= 15 is 0 Å². The van der Waals surface area contributed by atoms with Crippen LogP contribution in [0.1, 0.15) is 36.7 Å². The molecule has 0 radical (unpaired) electrons. The van der Waals surface area contributed by atoms with Crippen molar-refractivity contribution in [3.8, 4) is 6.07 Å². The summed E-state index contributed by atoms with van der Waals surface area (Å²) in [7, 11) is 1.70. The van der Waals surface area contributed by atoms with Gasteiger partial charge in [-0.05, 0) is 53.4 Å². The molecular weight excluding hydrogens is 484 g/mol. The van der Waals surface area contributed by atoms with E-state index in [0.717, 1.165) is 16.8 Å². The SMILES string of the molecule is CC(C)[C@@H]1CN(C(c2ccc(F)cc2)c2ccc(F)cc2)CCN1c1cc(=O)n(C)c2ccc(C#N)nc12. The quantitative estimate of drug-likeness (QED) is 0.375. The standard InChI is InChI=1S/C30H29F2N5O/c1-19(2)27-18-36(30(20-4-8-22(31)9-5-20)21-6-10-23(32)11-7-21)14-15-37(27)26-16-28(38)35(3)25-13-12-24(17-33)34-29(25)26/h4-13,16,19,27,30H,14-15,18H2,1-3H3/t27-/m0/s1. The van der Waals surface area contributed by atoms with Gasteiger partial charge in [0.05, 0.1) is 17.2 Å². The molecule has 2 aromatic heterocycles. The van der Waals surface area contributed by atoms with Crippen LogP contribution in [0.25, 0.3) is 11.0 Å². The molecule has 1 atom stereocenters. The molecule has 1 aliphatic heterocycles. The van der Waals surface area contributed by atoms with Crippen LogP contribution in [0, 0.1) is 28.9 Å². The number of hydrogen-bond donors (Lipinski definition) is 0. The molecule has 2 aromatic carbocycles. The average Bonchev–Trinajstić information content (AvgIpc) is 2.92. The lowest BCUT2D eigenvalue weighted by atomic mass is 9.92. The third kappa shape index (κ3) is 4.77. The van der Waals surface area contributed by atoms with Gasteiger partial charge in [0.15, 0.2) is 0 Å². The van der Waals surface area contributed by atoms with Gasteiger partial charge in [0.25, 0.3) is 5.56 Å². The third-order valence-corrected chi connectivity index (χ3v) is 7.45. The summed E-state index contributed by atoms with van der Waals surface area (Å²) in [5, 5.41) is 9.46. The Morgan fingerprint density at radius 3 is 2.11 bits per heavy atom. The number of aryl methyl sites for hydroxylation is 1. The van der Waals surface area contributed by atoms with Crippen molar-refractivity contribution in [2.45, 2.75) is 25.9 Å². The minimum Gasteiger partial charge on any atom is -0.364 e. The normalized spacial score (nSPS) is 16.4. The van der Waals surface area contributed by atoms with Crippen molar-refractivity contribution in [2.75, 3.05) is 24.5 Å². The summed E-state index contributed by atoms with van der Waals surface area (Å²) in [6, 6.07) is 19.9. The first-order valence-electron chi connectivity index (χ1n) is 12.7. The number of aromatic nitrogens is 2. The van der Waals surface area contributed by atoms with Crippen molar-refractivity contribution < 1.29 is 8.78 Å². The molecule has 1 fully saturated rings. The van der Waals surface area contributed by atoms with Gasteiger partial charge in [-0.1, -0.05) is 38.1 Å². The van der Waals surface area contributed by atoms with Gasteiger partial charge < -0.3 is 9.47 Å². The monoisotopic (exact) mass is 513 g/mol. The molecule has 0 bridgehead atoms. The topological polar surface area (TPSA) is 65.2 Å². The van der Waals surface area contributed by atoms with E-state index in [-0.39, 0.29) is 35.2 Å². The molecular formula is C30H29F2N5O. The summed E-state index contributed by atoms with van der Waals surface area (Å²) in [6.45, 7) is 6.21. The van der Waals surface area contributed by atoms with Crippen LogP contribution < -0.4 is 10.5 Å². The molecule has 5 rings (SSSR count). The lowest BCUT2D eigenvalue weighted by Crippen LogP contribution is -2.56. The van der Waals surface area contributed by atoms with Crippen molar-refractivity contribution in [1.82, 2.24) is 14.5 Å². The Balaban J connectivity index is 1.57. The molecule has 6 nitrogen and oxygen atoms in total. The number of pyridine rings is 2. The predicted octanol–water partition coefficient (Wildman–Crippen LogP) is 5.02.